The van der Waals surface area contributed by atoms with Crippen molar-refractivity contribution in [3.05, 3.63) is 35.7 Å². The van der Waals surface area contributed by atoms with E-state index in [0.717, 1.165) is 17.8 Å². The van der Waals surface area contributed by atoms with Crippen LogP contribution >= 0.6 is 0 Å². The number of carbonyl (C=O) groups excluding carboxylic acids is 1. The molecule has 0 saturated carbocycles. The van der Waals surface area contributed by atoms with Crippen molar-refractivity contribution in [3.8, 4) is 0 Å². The van der Waals surface area contributed by atoms with Crippen LogP contribution in [0.3, 0.4) is 0 Å². The lowest BCUT2D eigenvalue weighted by Crippen LogP contribution is -2.14. The third-order valence-electron chi connectivity index (χ3n) is 3.02. The fourth-order valence-electron chi connectivity index (χ4n) is 2.10. The first kappa shape index (κ1) is 12.9. The lowest BCUT2D eigenvalue weighted by Gasteiger charge is -2.04. The van der Waals surface area contributed by atoms with Gasteiger partial charge in [-0.15, -0.1) is 0 Å². The molecule has 7 nitrogen and oxygen atoms in total. The molecule has 0 spiro atoms. The van der Waals surface area contributed by atoms with Crippen molar-refractivity contribution in [2.45, 2.75) is 25.9 Å². The van der Waals surface area contributed by atoms with Gasteiger partial charge in [-0.25, -0.2) is 0 Å². The van der Waals surface area contributed by atoms with Crippen LogP contribution in [-0.2, 0) is 16.0 Å². The number of H-pyrrole nitrogens is 1. The maximum atomic E-state index is 11.8. The van der Waals surface area contributed by atoms with Crippen LogP contribution in [-0.4, -0.2) is 27.9 Å². The summed E-state index contributed by atoms with van der Waals surface area (Å²) in [6.45, 7) is 2.46. The number of hydrogen-bond donors (Lipinski definition) is 2. The van der Waals surface area contributed by atoms with E-state index in [1.807, 2.05) is 6.92 Å². The van der Waals surface area contributed by atoms with Crippen molar-refractivity contribution >= 4 is 11.7 Å². The number of aromatic nitrogens is 3. The SMILES string of the molecule is Cc1cc(CC(=O)Nc2cc(C3C[CH]CO3)[nH]n2)on1. The van der Waals surface area contributed by atoms with Gasteiger partial charge >= 0.3 is 0 Å². The molecule has 1 saturated heterocycles. The highest BCUT2D eigenvalue weighted by atomic mass is 16.5. The van der Waals surface area contributed by atoms with Gasteiger partial charge in [-0.3, -0.25) is 9.89 Å². The van der Waals surface area contributed by atoms with E-state index in [4.69, 9.17) is 9.26 Å². The Morgan fingerprint density at radius 1 is 1.55 bits per heavy atom. The van der Waals surface area contributed by atoms with Crippen LogP contribution in [0, 0.1) is 13.3 Å². The molecule has 20 heavy (non-hydrogen) atoms. The first-order valence-corrected chi connectivity index (χ1v) is 6.41. The number of carbonyl (C=O) groups is 1. The summed E-state index contributed by atoms with van der Waals surface area (Å²) in [5.41, 5.74) is 1.62. The summed E-state index contributed by atoms with van der Waals surface area (Å²) < 4.78 is 10.5. The van der Waals surface area contributed by atoms with E-state index >= 15 is 0 Å². The predicted molar refractivity (Wildman–Crippen MR) is 69.8 cm³/mol. The van der Waals surface area contributed by atoms with E-state index in [0.29, 0.717) is 18.2 Å². The predicted octanol–water partition coefficient (Wildman–Crippen LogP) is 1.55. The van der Waals surface area contributed by atoms with Gasteiger partial charge < -0.3 is 14.6 Å². The summed E-state index contributed by atoms with van der Waals surface area (Å²) in [5, 5.41) is 13.4. The minimum atomic E-state index is -0.196. The molecule has 0 aliphatic carbocycles. The highest BCUT2D eigenvalue weighted by Crippen LogP contribution is 2.27. The quantitative estimate of drug-likeness (QED) is 0.883. The molecule has 7 heteroatoms. The minimum absolute atomic E-state index is 0.00470. The van der Waals surface area contributed by atoms with Gasteiger partial charge in [0.25, 0.3) is 0 Å². The second-order valence-electron chi connectivity index (χ2n) is 4.71. The molecule has 2 N–H and O–H groups in total. The van der Waals surface area contributed by atoms with E-state index in [1.54, 1.807) is 12.1 Å². The molecule has 0 aromatic carbocycles. The lowest BCUT2D eigenvalue weighted by atomic mass is 10.2. The average Bonchev–Trinajstić information content (AvgIpc) is 3.10. The van der Waals surface area contributed by atoms with Crippen LogP contribution in [0.4, 0.5) is 5.82 Å². The molecule has 3 heterocycles. The van der Waals surface area contributed by atoms with E-state index < -0.39 is 0 Å². The third kappa shape index (κ3) is 2.88. The number of anilines is 1. The first-order chi connectivity index (χ1) is 9.70. The Kier molecular flexibility index (Phi) is 3.51. The Balaban J connectivity index is 1.58. The molecule has 1 aliphatic rings. The number of aromatic amines is 1. The molecule has 1 unspecified atom stereocenters. The van der Waals surface area contributed by atoms with Crippen molar-refractivity contribution in [1.82, 2.24) is 15.4 Å². The number of ether oxygens (including phenoxy) is 1. The molecule has 1 radical (unpaired) electrons. The standard InChI is InChI=1S/C13H15N4O3/c1-8-5-9(20-17-8)6-13(18)14-12-7-10(15-16-12)11-3-2-4-19-11/h2,5,7,11H,3-4,6H2,1H3,(H2,14,15,16,18). The van der Waals surface area contributed by atoms with Gasteiger partial charge in [0.15, 0.2) is 5.82 Å². The fourth-order valence-corrected chi connectivity index (χ4v) is 2.10. The maximum absolute atomic E-state index is 11.8. The molecule has 2 aromatic rings. The average molecular weight is 275 g/mol. The van der Waals surface area contributed by atoms with E-state index in [9.17, 15) is 4.79 Å². The van der Waals surface area contributed by atoms with Crippen molar-refractivity contribution in [3.63, 3.8) is 0 Å². The summed E-state index contributed by atoms with van der Waals surface area (Å²) >= 11 is 0. The van der Waals surface area contributed by atoms with Crippen molar-refractivity contribution in [2.24, 2.45) is 0 Å². The summed E-state index contributed by atoms with van der Waals surface area (Å²) in [6, 6.07) is 3.52. The number of amides is 1. The largest absolute Gasteiger partial charge is 0.372 e. The molecule has 1 amide bonds. The smallest absolute Gasteiger partial charge is 0.233 e. The molecule has 3 rings (SSSR count). The van der Waals surface area contributed by atoms with Gasteiger partial charge in [-0.2, -0.15) is 5.10 Å². The van der Waals surface area contributed by atoms with Crippen LogP contribution in [0.5, 0.6) is 0 Å². The molecule has 2 aromatic heterocycles. The van der Waals surface area contributed by atoms with Crippen LogP contribution < -0.4 is 5.32 Å². The van der Waals surface area contributed by atoms with Gasteiger partial charge in [-0.1, -0.05) is 5.16 Å². The molecule has 1 atom stereocenters. The first-order valence-electron chi connectivity index (χ1n) is 6.41. The molecular weight excluding hydrogens is 260 g/mol. The molecule has 105 valence electrons. The molecular formula is C13H15N4O3. The zero-order chi connectivity index (χ0) is 13.9. The second-order valence-corrected chi connectivity index (χ2v) is 4.71. The van der Waals surface area contributed by atoms with Crippen molar-refractivity contribution in [2.75, 3.05) is 11.9 Å². The van der Waals surface area contributed by atoms with Crippen molar-refractivity contribution < 1.29 is 14.1 Å². The van der Waals surface area contributed by atoms with Crippen LogP contribution in [0.25, 0.3) is 0 Å². The number of rotatable bonds is 4. The van der Waals surface area contributed by atoms with Gasteiger partial charge in [0.1, 0.15) is 5.76 Å². The topological polar surface area (TPSA) is 93.0 Å². The lowest BCUT2D eigenvalue weighted by molar-refractivity contribution is -0.115. The molecule has 1 fully saturated rings. The maximum Gasteiger partial charge on any atom is 0.233 e. The number of nitrogens with zero attached hydrogens (tertiary/aromatic N) is 2. The molecule has 1 aliphatic heterocycles. The van der Waals surface area contributed by atoms with Gasteiger partial charge in [0.2, 0.25) is 5.91 Å². The highest BCUT2D eigenvalue weighted by Gasteiger charge is 2.20. The zero-order valence-corrected chi connectivity index (χ0v) is 11.0. The highest BCUT2D eigenvalue weighted by molar-refractivity contribution is 5.91. The number of nitrogens with one attached hydrogen (secondary N) is 2. The van der Waals surface area contributed by atoms with Gasteiger partial charge in [0, 0.05) is 12.1 Å². The summed E-state index contributed by atoms with van der Waals surface area (Å²) in [7, 11) is 0. The Hall–Kier alpha value is -2.15. The summed E-state index contributed by atoms with van der Waals surface area (Å²) in [4.78, 5) is 11.8. The van der Waals surface area contributed by atoms with Gasteiger partial charge in [0.05, 0.1) is 30.5 Å². The van der Waals surface area contributed by atoms with Gasteiger partial charge in [-0.05, 0) is 19.8 Å². The van der Waals surface area contributed by atoms with E-state index in [1.165, 1.54) is 0 Å². The Morgan fingerprint density at radius 2 is 2.45 bits per heavy atom. The normalized spacial score (nSPS) is 18.4. The summed E-state index contributed by atoms with van der Waals surface area (Å²) in [6.07, 6.45) is 3.06. The Morgan fingerprint density at radius 3 is 3.15 bits per heavy atom. The van der Waals surface area contributed by atoms with Crippen molar-refractivity contribution in [1.29, 1.82) is 0 Å². The second kappa shape index (κ2) is 5.46. The number of hydrogen-bond acceptors (Lipinski definition) is 5. The minimum Gasteiger partial charge on any atom is -0.372 e. The van der Waals surface area contributed by atoms with E-state index in [2.05, 4.69) is 27.1 Å². The Labute approximate surface area is 115 Å². The van der Waals surface area contributed by atoms with E-state index in [-0.39, 0.29) is 18.4 Å². The monoisotopic (exact) mass is 275 g/mol. The van der Waals surface area contributed by atoms with Crippen LogP contribution in [0.15, 0.2) is 16.7 Å². The number of aryl methyl sites for hydroxylation is 1. The fraction of sp³-hybridized carbons (Fsp3) is 0.385. The van der Waals surface area contributed by atoms with Crippen LogP contribution in [0.1, 0.15) is 29.7 Å². The summed E-state index contributed by atoms with van der Waals surface area (Å²) in [5.74, 6) is 0.819. The molecule has 0 bridgehead atoms. The third-order valence-corrected chi connectivity index (χ3v) is 3.02. The zero-order valence-electron chi connectivity index (χ0n) is 11.0. The Bertz CT molecular complexity index is 598. The van der Waals surface area contributed by atoms with Crippen LogP contribution in [0.2, 0.25) is 0 Å².